The van der Waals surface area contributed by atoms with Crippen molar-refractivity contribution in [3.8, 4) is 5.75 Å². The number of alkyl halides is 2. The Morgan fingerprint density at radius 2 is 2.07 bits per heavy atom. The summed E-state index contributed by atoms with van der Waals surface area (Å²) in [5.74, 6) is -1.25. The molecule has 0 aliphatic heterocycles. The number of fused-ring (bicyclic) bond motifs is 1. The molecule has 0 spiro atoms. The maximum Gasteiger partial charge on any atom is 0.295 e. The van der Waals surface area contributed by atoms with Crippen molar-refractivity contribution in [2.75, 3.05) is 17.7 Å². The zero-order valence-electron chi connectivity index (χ0n) is 14.7. The number of rotatable bonds is 6. The van der Waals surface area contributed by atoms with Gasteiger partial charge in [-0.05, 0) is 25.0 Å². The number of ether oxygens (including phenoxy) is 1. The molecule has 0 bridgehead atoms. The maximum absolute atomic E-state index is 14.0. The second-order valence-corrected chi connectivity index (χ2v) is 6.38. The van der Waals surface area contributed by atoms with Crippen LogP contribution in [0, 0.1) is 11.7 Å². The first kappa shape index (κ1) is 18.1. The number of amides is 1. The number of methoxy groups -OCH3 is 1. The molecule has 1 aliphatic carbocycles. The van der Waals surface area contributed by atoms with Crippen molar-refractivity contribution in [3.63, 3.8) is 0 Å². The van der Waals surface area contributed by atoms with E-state index in [0.717, 1.165) is 12.8 Å². The van der Waals surface area contributed by atoms with Crippen molar-refractivity contribution >= 4 is 34.3 Å². The molecule has 0 saturated heterocycles. The van der Waals surface area contributed by atoms with Gasteiger partial charge in [0.1, 0.15) is 11.3 Å². The number of pyridine rings is 1. The lowest BCUT2D eigenvalue weighted by atomic mass is 10.2. The van der Waals surface area contributed by atoms with Crippen LogP contribution in [0.5, 0.6) is 5.75 Å². The van der Waals surface area contributed by atoms with Gasteiger partial charge in [0.15, 0.2) is 23.0 Å². The number of hydrogen-bond acceptors (Lipinski definition) is 5. The van der Waals surface area contributed by atoms with Crippen LogP contribution in [0.4, 0.5) is 30.4 Å². The van der Waals surface area contributed by atoms with Crippen LogP contribution >= 0.6 is 0 Å². The largest absolute Gasteiger partial charge is 0.492 e. The minimum absolute atomic E-state index is 0.0411. The Hall–Kier alpha value is -3.30. The van der Waals surface area contributed by atoms with E-state index < -0.39 is 18.1 Å². The molecule has 0 radical (unpaired) electrons. The highest BCUT2D eigenvalue weighted by Gasteiger charge is 2.30. The maximum atomic E-state index is 14.0. The van der Waals surface area contributed by atoms with E-state index in [1.807, 2.05) is 0 Å². The summed E-state index contributed by atoms with van der Waals surface area (Å²) in [6, 6.07) is 5.74. The lowest BCUT2D eigenvalue weighted by Crippen LogP contribution is -2.14. The first-order valence-electron chi connectivity index (χ1n) is 8.55. The van der Waals surface area contributed by atoms with Crippen LogP contribution in [0.2, 0.25) is 0 Å². The SMILES string of the molecule is COc1c(F)cccc1Nc1cc(NC(=O)C2CC2)nc2[nH]c(C(F)F)nc12. The number of benzene rings is 1. The van der Waals surface area contributed by atoms with E-state index >= 15 is 0 Å². The highest BCUT2D eigenvalue weighted by molar-refractivity contribution is 5.97. The lowest BCUT2D eigenvalue weighted by molar-refractivity contribution is -0.117. The predicted octanol–water partition coefficient (Wildman–Crippen LogP) is 4.14. The van der Waals surface area contributed by atoms with Gasteiger partial charge in [0, 0.05) is 12.0 Å². The smallest absolute Gasteiger partial charge is 0.295 e. The van der Waals surface area contributed by atoms with E-state index in [0.29, 0.717) is 0 Å². The van der Waals surface area contributed by atoms with Crippen LogP contribution in [0.15, 0.2) is 24.3 Å². The molecule has 10 heteroatoms. The molecule has 1 saturated carbocycles. The van der Waals surface area contributed by atoms with Crippen molar-refractivity contribution in [1.29, 1.82) is 0 Å². The van der Waals surface area contributed by atoms with Crippen LogP contribution in [-0.2, 0) is 4.79 Å². The quantitative estimate of drug-likeness (QED) is 0.588. The Balaban J connectivity index is 1.78. The summed E-state index contributed by atoms with van der Waals surface area (Å²) < 4.78 is 45.2. The van der Waals surface area contributed by atoms with Gasteiger partial charge < -0.3 is 20.4 Å². The van der Waals surface area contributed by atoms with Crippen molar-refractivity contribution in [2.45, 2.75) is 19.3 Å². The van der Waals surface area contributed by atoms with E-state index in [2.05, 4.69) is 25.6 Å². The average molecular weight is 391 g/mol. The number of nitrogens with one attached hydrogen (secondary N) is 3. The number of anilines is 3. The number of H-pyrrole nitrogens is 1. The van der Waals surface area contributed by atoms with Gasteiger partial charge >= 0.3 is 0 Å². The van der Waals surface area contributed by atoms with Crippen LogP contribution in [0.3, 0.4) is 0 Å². The number of nitrogens with zero attached hydrogens (tertiary/aromatic N) is 2. The molecule has 1 amide bonds. The zero-order chi connectivity index (χ0) is 19.8. The van der Waals surface area contributed by atoms with Crippen LogP contribution in [0.1, 0.15) is 25.1 Å². The minimum atomic E-state index is -2.82. The summed E-state index contributed by atoms with van der Waals surface area (Å²) in [7, 11) is 1.32. The molecule has 2 aromatic heterocycles. The van der Waals surface area contributed by atoms with Crippen LogP contribution in [0.25, 0.3) is 11.2 Å². The number of carbonyl (C=O) groups excluding carboxylic acids is 1. The number of hydrogen-bond donors (Lipinski definition) is 3. The highest BCUT2D eigenvalue weighted by atomic mass is 19.3. The van der Waals surface area contributed by atoms with Crippen molar-refractivity contribution in [3.05, 3.63) is 35.9 Å². The topological polar surface area (TPSA) is 91.9 Å². The summed E-state index contributed by atoms with van der Waals surface area (Å²) in [5, 5.41) is 5.60. The Bertz CT molecular complexity index is 1050. The fourth-order valence-corrected chi connectivity index (χ4v) is 2.80. The number of aromatic amines is 1. The molecular weight excluding hydrogens is 375 g/mol. The first-order valence-corrected chi connectivity index (χ1v) is 8.55. The summed E-state index contributed by atoms with van der Waals surface area (Å²) in [6.07, 6.45) is -1.21. The number of para-hydroxylation sites is 1. The molecule has 1 aromatic carbocycles. The first-order chi connectivity index (χ1) is 13.5. The Kier molecular flexibility index (Phi) is 4.54. The number of halogens is 3. The fraction of sp³-hybridized carbons (Fsp3) is 0.278. The Morgan fingerprint density at radius 3 is 2.75 bits per heavy atom. The summed E-state index contributed by atoms with van der Waals surface area (Å²) in [5.41, 5.74) is 0.743. The molecule has 0 unspecified atom stereocenters. The van der Waals surface area contributed by atoms with Crippen LogP contribution < -0.4 is 15.4 Å². The molecular formula is C18H16F3N5O2. The van der Waals surface area contributed by atoms with Crippen LogP contribution in [-0.4, -0.2) is 28.0 Å². The van der Waals surface area contributed by atoms with Gasteiger partial charge in [0.2, 0.25) is 5.91 Å². The van der Waals surface area contributed by atoms with Crippen molar-refractivity contribution in [2.24, 2.45) is 5.92 Å². The minimum Gasteiger partial charge on any atom is -0.492 e. The van der Waals surface area contributed by atoms with E-state index in [-0.39, 0.29) is 45.9 Å². The number of carbonyl (C=O) groups is 1. The molecule has 3 aromatic rings. The fourth-order valence-electron chi connectivity index (χ4n) is 2.80. The standard InChI is InChI=1S/C18H16F3N5O2/c1-28-14-9(19)3-2-4-10(14)22-11-7-12(24-18(27)8-5-6-8)23-16-13(11)25-17(26-16)15(20)21/h2-4,7-8,15H,5-6H2,1H3,(H3,22,23,24,25,26,27). The molecule has 1 fully saturated rings. The third kappa shape index (κ3) is 3.45. The molecule has 28 heavy (non-hydrogen) atoms. The molecule has 3 N–H and O–H groups in total. The van der Waals surface area contributed by atoms with E-state index in [9.17, 15) is 18.0 Å². The van der Waals surface area contributed by atoms with Gasteiger partial charge in [0.05, 0.1) is 18.5 Å². The Morgan fingerprint density at radius 1 is 1.29 bits per heavy atom. The van der Waals surface area contributed by atoms with Gasteiger partial charge in [-0.25, -0.2) is 23.1 Å². The lowest BCUT2D eigenvalue weighted by Gasteiger charge is -2.13. The molecule has 0 atom stereocenters. The monoisotopic (exact) mass is 391 g/mol. The van der Waals surface area contributed by atoms with E-state index in [1.165, 1.54) is 25.3 Å². The van der Waals surface area contributed by atoms with Gasteiger partial charge in [0.25, 0.3) is 6.43 Å². The zero-order valence-corrected chi connectivity index (χ0v) is 14.7. The predicted molar refractivity (Wildman–Crippen MR) is 96.4 cm³/mol. The average Bonchev–Trinajstić information content (AvgIpc) is 3.41. The molecule has 4 rings (SSSR count). The summed E-state index contributed by atoms with van der Waals surface area (Å²) in [4.78, 5) is 22.5. The van der Waals surface area contributed by atoms with Gasteiger partial charge in [-0.3, -0.25) is 4.79 Å². The molecule has 7 nitrogen and oxygen atoms in total. The second kappa shape index (κ2) is 7.02. The van der Waals surface area contributed by atoms with Gasteiger partial charge in [-0.1, -0.05) is 6.07 Å². The van der Waals surface area contributed by atoms with E-state index in [1.54, 1.807) is 6.07 Å². The molecule has 1 aliphatic rings. The third-order valence-electron chi connectivity index (χ3n) is 4.32. The van der Waals surface area contributed by atoms with E-state index in [4.69, 9.17) is 4.74 Å². The van der Waals surface area contributed by atoms with Crippen molar-refractivity contribution < 1.29 is 22.7 Å². The molecule has 146 valence electrons. The summed E-state index contributed by atoms with van der Waals surface area (Å²) in [6.45, 7) is 0. The Labute approximate surface area is 157 Å². The second-order valence-electron chi connectivity index (χ2n) is 6.38. The van der Waals surface area contributed by atoms with Crippen molar-refractivity contribution in [1.82, 2.24) is 15.0 Å². The van der Waals surface area contributed by atoms with Gasteiger partial charge in [-0.15, -0.1) is 0 Å². The van der Waals surface area contributed by atoms with Gasteiger partial charge in [-0.2, -0.15) is 0 Å². The highest BCUT2D eigenvalue weighted by Crippen LogP contribution is 2.35. The number of imidazole rings is 1. The molecule has 2 heterocycles. The number of aromatic nitrogens is 3. The third-order valence-corrected chi connectivity index (χ3v) is 4.32. The summed E-state index contributed by atoms with van der Waals surface area (Å²) >= 11 is 0. The normalized spacial score (nSPS) is 13.8.